The normalized spacial score (nSPS) is 14.0. The van der Waals surface area contributed by atoms with Crippen LogP contribution in [0.25, 0.3) is 0 Å². The van der Waals surface area contributed by atoms with Crippen molar-refractivity contribution in [3.8, 4) is 0 Å². The summed E-state index contributed by atoms with van der Waals surface area (Å²) in [6.07, 6.45) is 0.819. The number of thioether (sulfide) groups is 1. The SMILES string of the molecule is O=C(CSCC(=O)O[C@@H](C(=O)NC1CC1)c1ccccc1)Nc1ccccc1F. The maximum absolute atomic E-state index is 13.5. The zero-order valence-electron chi connectivity index (χ0n) is 15.6. The van der Waals surface area contributed by atoms with Gasteiger partial charge in [0.1, 0.15) is 5.82 Å². The summed E-state index contributed by atoms with van der Waals surface area (Å²) in [5.74, 6) is -2.07. The van der Waals surface area contributed by atoms with E-state index in [0.717, 1.165) is 24.6 Å². The van der Waals surface area contributed by atoms with Gasteiger partial charge in [0.15, 0.2) is 0 Å². The smallest absolute Gasteiger partial charge is 0.317 e. The summed E-state index contributed by atoms with van der Waals surface area (Å²) in [5, 5.41) is 5.29. The molecule has 2 N–H and O–H groups in total. The number of para-hydroxylation sites is 1. The molecular formula is C21H21FN2O4S. The molecule has 1 aliphatic rings. The average Bonchev–Trinajstić information content (AvgIpc) is 3.52. The van der Waals surface area contributed by atoms with E-state index in [-0.39, 0.29) is 29.1 Å². The molecule has 0 bridgehead atoms. The number of amides is 2. The van der Waals surface area contributed by atoms with E-state index in [1.54, 1.807) is 30.3 Å². The lowest BCUT2D eigenvalue weighted by molar-refractivity contribution is -0.154. The fraction of sp³-hybridized carbons (Fsp3) is 0.286. The van der Waals surface area contributed by atoms with E-state index in [4.69, 9.17) is 4.74 Å². The number of ether oxygens (including phenoxy) is 1. The van der Waals surface area contributed by atoms with Gasteiger partial charge < -0.3 is 15.4 Å². The predicted octanol–water partition coefficient (Wildman–Crippen LogP) is 3.06. The minimum absolute atomic E-state index is 0.0479. The third-order valence-corrected chi connectivity index (χ3v) is 5.02. The largest absolute Gasteiger partial charge is 0.447 e. The highest BCUT2D eigenvalue weighted by molar-refractivity contribution is 8.00. The van der Waals surface area contributed by atoms with Crippen LogP contribution in [0.5, 0.6) is 0 Å². The molecule has 2 amide bonds. The molecule has 0 aromatic heterocycles. The van der Waals surface area contributed by atoms with E-state index < -0.39 is 23.8 Å². The van der Waals surface area contributed by atoms with E-state index in [1.165, 1.54) is 18.2 Å². The Balaban J connectivity index is 1.48. The van der Waals surface area contributed by atoms with Crippen molar-refractivity contribution in [2.75, 3.05) is 16.8 Å². The number of rotatable bonds is 9. The van der Waals surface area contributed by atoms with Crippen molar-refractivity contribution < 1.29 is 23.5 Å². The first-order valence-electron chi connectivity index (χ1n) is 9.20. The number of benzene rings is 2. The highest BCUT2D eigenvalue weighted by Crippen LogP contribution is 2.23. The zero-order chi connectivity index (χ0) is 20.6. The first-order valence-corrected chi connectivity index (χ1v) is 10.4. The molecule has 2 aromatic rings. The summed E-state index contributed by atoms with van der Waals surface area (Å²) in [6.45, 7) is 0. The highest BCUT2D eigenvalue weighted by atomic mass is 32.2. The van der Waals surface area contributed by atoms with Crippen molar-refractivity contribution in [3.63, 3.8) is 0 Å². The minimum atomic E-state index is -1.03. The molecule has 152 valence electrons. The zero-order valence-corrected chi connectivity index (χ0v) is 16.4. The summed E-state index contributed by atoms with van der Waals surface area (Å²) in [6, 6.07) is 14.8. The van der Waals surface area contributed by atoms with Crippen LogP contribution in [0.4, 0.5) is 10.1 Å². The van der Waals surface area contributed by atoms with Gasteiger partial charge >= 0.3 is 5.97 Å². The number of carbonyl (C=O) groups excluding carboxylic acids is 3. The van der Waals surface area contributed by atoms with Gasteiger partial charge in [-0.05, 0) is 25.0 Å². The van der Waals surface area contributed by atoms with Gasteiger partial charge in [0.25, 0.3) is 5.91 Å². The Morgan fingerprint density at radius 2 is 1.72 bits per heavy atom. The first kappa shape index (κ1) is 20.9. The molecule has 1 atom stereocenters. The van der Waals surface area contributed by atoms with E-state index in [0.29, 0.717) is 5.56 Å². The Bertz CT molecular complexity index is 874. The van der Waals surface area contributed by atoms with E-state index in [9.17, 15) is 18.8 Å². The molecule has 0 spiro atoms. The standard InChI is InChI=1S/C21H21FN2O4S/c22-16-8-4-5-9-17(16)24-18(25)12-29-13-19(26)28-20(14-6-2-1-3-7-14)21(27)23-15-10-11-15/h1-9,15,20H,10-13H2,(H,23,27)(H,24,25)/t20-/m1/s1. The summed E-state index contributed by atoms with van der Waals surface area (Å²) in [4.78, 5) is 36.6. The molecule has 2 aromatic carbocycles. The summed E-state index contributed by atoms with van der Waals surface area (Å²) in [7, 11) is 0. The third kappa shape index (κ3) is 6.60. The van der Waals surface area contributed by atoms with Gasteiger partial charge in [-0.25, -0.2) is 4.39 Å². The number of hydrogen-bond acceptors (Lipinski definition) is 5. The molecule has 0 saturated heterocycles. The van der Waals surface area contributed by atoms with Crippen molar-refractivity contribution in [2.24, 2.45) is 0 Å². The Kier molecular flexibility index (Phi) is 7.24. The Hall–Kier alpha value is -2.87. The van der Waals surface area contributed by atoms with Gasteiger partial charge in [0.2, 0.25) is 12.0 Å². The molecule has 29 heavy (non-hydrogen) atoms. The van der Waals surface area contributed by atoms with Crippen LogP contribution in [0, 0.1) is 5.82 Å². The van der Waals surface area contributed by atoms with Crippen LogP contribution in [0.15, 0.2) is 54.6 Å². The van der Waals surface area contributed by atoms with Gasteiger partial charge in [-0.15, -0.1) is 11.8 Å². The van der Waals surface area contributed by atoms with Crippen molar-refractivity contribution in [2.45, 2.75) is 25.0 Å². The van der Waals surface area contributed by atoms with Crippen LogP contribution >= 0.6 is 11.8 Å². The predicted molar refractivity (Wildman–Crippen MR) is 109 cm³/mol. The second kappa shape index (κ2) is 10.1. The Morgan fingerprint density at radius 1 is 1.03 bits per heavy atom. The summed E-state index contributed by atoms with van der Waals surface area (Å²) < 4.78 is 18.9. The number of anilines is 1. The molecule has 0 heterocycles. The van der Waals surface area contributed by atoms with Crippen molar-refractivity contribution in [1.29, 1.82) is 0 Å². The van der Waals surface area contributed by atoms with E-state index in [2.05, 4.69) is 10.6 Å². The van der Waals surface area contributed by atoms with Gasteiger partial charge in [-0.2, -0.15) is 0 Å². The molecule has 1 saturated carbocycles. The first-order chi connectivity index (χ1) is 14.0. The summed E-state index contributed by atoms with van der Waals surface area (Å²) >= 11 is 1.03. The maximum atomic E-state index is 13.5. The molecule has 0 unspecified atom stereocenters. The molecular weight excluding hydrogens is 395 g/mol. The van der Waals surface area contributed by atoms with Crippen LogP contribution in [0.2, 0.25) is 0 Å². The van der Waals surface area contributed by atoms with E-state index >= 15 is 0 Å². The lowest BCUT2D eigenvalue weighted by Gasteiger charge is -2.18. The molecule has 6 nitrogen and oxygen atoms in total. The van der Waals surface area contributed by atoms with Crippen LogP contribution in [-0.2, 0) is 19.1 Å². The van der Waals surface area contributed by atoms with Gasteiger partial charge in [0.05, 0.1) is 17.2 Å². The second-order valence-electron chi connectivity index (χ2n) is 6.58. The van der Waals surface area contributed by atoms with Gasteiger partial charge in [0, 0.05) is 11.6 Å². The van der Waals surface area contributed by atoms with Crippen molar-refractivity contribution >= 4 is 35.2 Å². The quantitative estimate of drug-likeness (QED) is 0.614. The molecule has 1 aliphatic carbocycles. The topological polar surface area (TPSA) is 84.5 Å². The molecule has 1 fully saturated rings. The number of carbonyl (C=O) groups is 3. The third-order valence-electron chi connectivity index (χ3n) is 4.11. The fourth-order valence-corrected chi connectivity index (χ4v) is 3.14. The fourth-order valence-electron chi connectivity index (χ4n) is 2.55. The average molecular weight is 416 g/mol. The van der Waals surface area contributed by atoms with Crippen LogP contribution < -0.4 is 10.6 Å². The monoisotopic (exact) mass is 416 g/mol. The van der Waals surface area contributed by atoms with Crippen molar-refractivity contribution in [3.05, 3.63) is 66.0 Å². The highest BCUT2D eigenvalue weighted by Gasteiger charge is 2.30. The molecule has 0 aliphatic heterocycles. The maximum Gasteiger partial charge on any atom is 0.317 e. The molecule has 8 heteroatoms. The van der Waals surface area contributed by atoms with Gasteiger partial charge in [-0.1, -0.05) is 42.5 Å². The Morgan fingerprint density at radius 3 is 2.41 bits per heavy atom. The number of esters is 1. The minimum Gasteiger partial charge on any atom is -0.447 e. The molecule has 3 rings (SSSR count). The lowest BCUT2D eigenvalue weighted by Crippen LogP contribution is -2.34. The van der Waals surface area contributed by atoms with E-state index in [1.807, 2.05) is 6.07 Å². The summed E-state index contributed by atoms with van der Waals surface area (Å²) in [5.41, 5.74) is 0.669. The molecule has 0 radical (unpaired) electrons. The van der Waals surface area contributed by atoms with Crippen molar-refractivity contribution in [1.82, 2.24) is 5.32 Å². The number of halogens is 1. The lowest BCUT2D eigenvalue weighted by atomic mass is 10.1. The number of hydrogen-bond donors (Lipinski definition) is 2. The van der Waals surface area contributed by atoms with Crippen LogP contribution in [0.3, 0.4) is 0 Å². The Labute approximate surface area is 172 Å². The van der Waals surface area contributed by atoms with Crippen LogP contribution in [0.1, 0.15) is 24.5 Å². The number of nitrogens with one attached hydrogen (secondary N) is 2. The van der Waals surface area contributed by atoms with Gasteiger partial charge in [-0.3, -0.25) is 14.4 Å². The van der Waals surface area contributed by atoms with Crippen LogP contribution in [-0.4, -0.2) is 35.3 Å². The second-order valence-corrected chi connectivity index (χ2v) is 7.57.